The summed E-state index contributed by atoms with van der Waals surface area (Å²) in [7, 11) is 2.75. The summed E-state index contributed by atoms with van der Waals surface area (Å²) < 4.78 is 25.1. The van der Waals surface area contributed by atoms with E-state index in [9.17, 15) is 0 Å². The molecule has 1 fully saturated rings. The van der Waals surface area contributed by atoms with Crippen molar-refractivity contribution < 1.29 is 18.8 Å². The Bertz CT molecular complexity index is 1060. The molecule has 0 bridgehead atoms. The zero-order valence-corrected chi connectivity index (χ0v) is 18.2. The zero-order valence-electron chi connectivity index (χ0n) is 17.4. The minimum atomic E-state index is -0.435. The highest BCUT2D eigenvalue weighted by Crippen LogP contribution is 2.38. The van der Waals surface area contributed by atoms with Gasteiger partial charge in [-0.15, -0.1) is 0 Å². The van der Waals surface area contributed by atoms with Crippen LogP contribution >= 0.6 is 11.6 Å². The number of rotatable bonds is 4. The first-order valence-electron chi connectivity index (χ1n) is 9.41. The summed E-state index contributed by atoms with van der Waals surface area (Å²) in [6.07, 6.45) is 3.88. The fourth-order valence-electron chi connectivity index (χ4n) is 3.31. The van der Waals surface area contributed by atoms with E-state index < -0.39 is 18.3 Å². The molecule has 152 valence electrons. The minimum Gasteiger partial charge on any atom is -0.496 e. The normalized spacial score (nSPS) is 17.7. The van der Waals surface area contributed by atoms with Crippen LogP contribution in [0.3, 0.4) is 0 Å². The fourth-order valence-corrected chi connectivity index (χ4v) is 3.55. The molecule has 0 unspecified atom stereocenters. The number of fused-ring (bicyclic) bond motifs is 1. The second-order valence-electron chi connectivity index (χ2n) is 8.13. The largest absolute Gasteiger partial charge is 0.496 e. The molecule has 8 heteroatoms. The molecule has 4 rings (SSSR count). The number of nitrogens with zero attached hydrogens (tertiary/aromatic N) is 2. The van der Waals surface area contributed by atoms with E-state index in [2.05, 4.69) is 0 Å². The molecule has 1 aromatic carbocycles. The van der Waals surface area contributed by atoms with Crippen molar-refractivity contribution in [1.82, 2.24) is 9.38 Å². The third kappa shape index (κ3) is 3.37. The Labute approximate surface area is 175 Å². The first kappa shape index (κ1) is 20.1. The lowest BCUT2D eigenvalue weighted by Crippen LogP contribution is -2.41. The molecule has 0 N–H and O–H groups in total. The molecule has 0 radical (unpaired) electrons. The van der Waals surface area contributed by atoms with Gasteiger partial charge in [0, 0.05) is 24.0 Å². The van der Waals surface area contributed by atoms with Crippen molar-refractivity contribution in [2.24, 2.45) is 0 Å². The number of methoxy groups -OCH3 is 2. The van der Waals surface area contributed by atoms with Gasteiger partial charge in [-0.25, -0.2) is 4.98 Å². The van der Waals surface area contributed by atoms with E-state index in [-0.39, 0.29) is 0 Å². The van der Waals surface area contributed by atoms with Gasteiger partial charge in [-0.2, -0.15) is 0 Å². The zero-order chi connectivity index (χ0) is 21.0. The lowest BCUT2D eigenvalue weighted by molar-refractivity contribution is 0.00578. The molecule has 0 spiro atoms. The van der Waals surface area contributed by atoms with Gasteiger partial charge in [-0.3, -0.25) is 0 Å². The molecule has 6 nitrogen and oxygen atoms in total. The standard InChI is InChI=1S/C21H24BClN2O4/c1-20(2)21(3,4)29-22(28-20)13-7-8-25-12-16(24-19(25)9-13)14-10-15(23)18(27-6)11-17(14)26-5/h7-12H,1-6H3. The van der Waals surface area contributed by atoms with Gasteiger partial charge in [0.1, 0.15) is 17.1 Å². The van der Waals surface area contributed by atoms with Gasteiger partial charge in [0.15, 0.2) is 0 Å². The number of aromatic nitrogens is 2. The molecular formula is C21H24BClN2O4. The molecule has 0 amide bonds. The van der Waals surface area contributed by atoms with Crippen molar-refractivity contribution in [2.45, 2.75) is 38.9 Å². The number of imidazole rings is 1. The summed E-state index contributed by atoms with van der Waals surface area (Å²) in [5.74, 6) is 1.19. The van der Waals surface area contributed by atoms with Gasteiger partial charge < -0.3 is 23.2 Å². The summed E-state index contributed by atoms with van der Waals surface area (Å²) in [5, 5.41) is 0.498. The predicted octanol–water partition coefficient (Wildman–Crippen LogP) is 3.97. The lowest BCUT2D eigenvalue weighted by atomic mass is 9.80. The Kier molecular flexibility index (Phi) is 4.80. The molecule has 1 aliphatic rings. The Morgan fingerprint density at radius 2 is 1.66 bits per heavy atom. The highest BCUT2D eigenvalue weighted by Gasteiger charge is 2.51. The van der Waals surface area contributed by atoms with Crippen LogP contribution in [-0.2, 0) is 9.31 Å². The smallest absolute Gasteiger partial charge is 0.495 e. The Morgan fingerprint density at radius 1 is 1.00 bits per heavy atom. The molecule has 0 saturated carbocycles. The van der Waals surface area contributed by atoms with Crippen LogP contribution in [0.15, 0.2) is 36.7 Å². The lowest BCUT2D eigenvalue weighted by Gasteiger charge is -2.32. The van der Waals surface area contributed by atoms with Crippen LogP contribution in [0.1, 0.15) is 27.7 Å². The number of hydrogen-bond acceptors (Lipinski definition) is 5. The molecule has 3 heterocycles. The van der Waals surface area contributed by atoms with Crippen molar-refractivity contribution >= 4 is 29.8 Å². The topological polar surface area (TPSA) is 54.2 Å². The van der Waals surface area contributed by atoms with E-state index in [1.54, 1.807) is 26.4 Å². The molecule has 0 atom stereocenters. The van der Waals surface area contributed by atoms with Crippen molar-refractivity contribution in [1.29, 1.82) is 0 Å². The van der Waals surface area contributed by atoms with Crippen LogP contribution in [0.2, 0.25) is 5.02 Å². The minimum absolute atomic E-state index is 0.391. The van der Waals surface area contributed by atoms with Gasteiger partial charge in [-0.05, 0) is 51.4 Å². The molecule has 0 aliphatic carbocycles. The van der Waals surface area contributed by atoms with E-state index in [0.29, 0.717) is 16.5 Å². The van der Waals surface area contributed by atoms with Gasteiger partial charge in [0.05, 0.1) is 36.1 Å². The first-order valence-corrected chi connectivity index (χ1v) is 9.79. The van der Waals surface area contributed by atoms with Gasteiger partial charge in [0.2, 0.25) is 0 Å². The summed E-state index contributed by atoms with van der Waals surface area (Å²) in [5.41, 5.74) is 2.46. The highest BCUT2D eigenvalue weighted by atomic mass is 35.5. The number of benzene rings is 1. The average molecular weight is 415 g/mol. The van der Waals surface area contributed by atoms with Crippen LogP contribution in [0.25, 0.3) is 16.9 Å². The van der Waals surface area contributed by atoms with Crippen LogP contribution in [-0.4, -0.2) is 41.9 Å². The highest BCUT2D eigenvalue weighted by molar-refractivity contribution is 6.62. The molecule has 1 aliphatic heterocycles. The van der Waals surface area contributed by atoms with Gasteiger partial charge in [0.25, 0.3) is 0 Å². The fraction of sp³-hybridized carbons (Fsp3) is 0.381. The first-order chi connectivity index (χ1) is 13.6. The molecular weight excluding hydrogens is 391 g/mol. The van der Waals surface area contributed by atoms with Gasteiger partial charge >= 0.3 is 7.12 Å². The Hall–Kier alpha value is -2.22. The van der Waals surface area contributed by atoms with Crippen molar-refractivity contribution in [3.63, 3.8) is 0 Å². The number of pyridine rings is 1. The van der Waals surface area contributed by atoms with E-state index in [1.807, 2.05) is 56.6 Å². The van der Waals surface area contributed by atoms with E-state index in [0.717, 1.165) is 22.4 Å². The maximum Gasteiger partial charge on any atom is 0.495 e. The van der Waals surface area contributed by atoms with Crippen LogP contribution in [0, 0.1) is 0 Å². The third-order valence-corrected chi connectivity index (χ3v) is 6.05. The average Bonchev–Trinajstić information content (AvgIpc) is 3.18. The van der Waals surface area contributed by atoms with E-state index in [1.165, 1.54) is 0 Å². The van der Waals surface area contributed by atoms with Crippen LogP contribution < -0.4 is 14.9 Å². The summed E-state index contributed by atoms with van der Waals surface area (Å²) in [6, 6.07) is 7.52. The second kappa shape index (κ2) is 6.94. The maximum absolute atomic E-state index is 6.32. The SMILES string of the molecule is COc1cc(OC)c(-c2cn3ccc(B4OC(C)(C)C(C)(C)O4)cc3n2)cc1Cl. The third-order valence-electron chi connectivity index (χ3n) is 5.76. The van der Waals surface area contributed by atoms with Crippen molar-refractivity contribution in [2.75, 3.05) is 14.2 Å². The number of ether oxygens (including phenoxy) is 2. The van der Waals surface area contributed by atoms with E-state index in [4.69, 9.17) is 35.4 Å². The van der Waals surface area contributed by atoms with Crippen molar-refractivity contribution in [3.05, 3.63) is 41.7 Å². The molecule has 2 aromatic heterocycles. The quantitative estimate of drug-likeness (QED) is 0.605. The van der Waals surface area contributed by atoms with Gasteiger partial charge in [-0.1, -0.05) is 11.6 Å². The predicted molar refractivity (Wildman–Crippen MR) is 114 cm³/mol. The van der Waals surface area contributed by atoms with E-state index >= 15 is 0 Å². The Morgan fingerprint density at radius 3 is 2.28 bits per heavy atom. The summed E-state index contributed by atoms with van der Waals surface area (Å²) in [6.45, 7) is 8.16. The van der Waals surface area contributed by atoms with Crippen LogP contribution in [0.4, 0.5) is 0 Å². The maximum atomic E-state index is 6.32. The Balaban J connectivity index is 1.73. The molecule has 1 saturated heterocycles. The monoisotopic (exact) mass is 414 g/mol. The van der Waals surface area contributed by atoms with Crippen LogP contribution in [0.5, 0.6) is 11.5 Å². The number of hydrogen-bond donors (Lipinski definition) is 0. The molecule has 29 heavy (non-hydrogen) atoms. The summed E-state index contributed by atoms with van der Waals surface area (Å²) >= 11 is 6.32. The number of halogens is 1. The molecule has 3 aromatic rings. The van der Waals surface area contributed by atoms with Crippen molar-refractivity contribution in [3.8, 4) is 22.8 Å². The summed E-state index contributed by atoms with van der Waals surface area (Å²) in [4.78, 5) is 4.77. The second-order valence-corrected chi connectivity index (χ2v) is 8.53.